The molecule has 2 heterocycles. The fourth-order valence-corrected chi connectivity index (χ4v) is 12.9. The smallest absolute Gasteiger partial charge is 0.394 e. The molecule has 0 spiro atoms. The van der Waals surface area contributed by atoms with Crippen LogP contribution in [0.25, 0.3) is 0 Å². The van der Waals surface area contributed by atoms with Gasteiger partial charge in [-0.2, -0.15) is 8.42 Å². The second-order valence-electron chi connectivity index (χ2n) is 19.1. The second-order valence-corrected chi connectivity index (χ2v) is 20.2. The summed E-state index contributed by atoms with van der Waals surface area (Å²) < 4.78 is 68.2. The monoisotopic (exact) mass is 868 g/mol. The first kappa shape index (κ1) is 47.5. The number of methoxy groups -OCH3 is 1. The van der Waals surface area contributed by atoms with Crippen molar-refractivity contribution >= 4 is 10.4 Å². The molecule has 0 bridgehead atoms. The van der Waals surface area contributed by atoms with Gasteiger partial charge in [0.05, 0.1) is 49.8 Å². The molecular weight excluding hydrogens is 800 g/mol. The van der Waals surface area contributed by atoms with Crippen molar-refractivity contribution in [1.29, 1.82) is 0 Å². The molecule has 4 aliphatic carbocycles. The van der Waals surface area contributed by atoms with Crippen molar-refractivity contribution < 1.29 is 86.8 Å². The van der Waals surface area contributed by atoms with Crippen LogP contribution < -0.4 is 0 Å². The maximum absolute atomic E-state index is 12.8. The Bertz CT molecular complexity index is 1570. The maximum atomic E-state index is 12.8. The summed E-state index contributed by atoms with van der Waals surface area (Å²) in [5.41, 5.74) is -3.09. The first-order valence-electron chi connectivity index (χ1n) is 21.0. The third kappa shape index (κ3) is 8.81. The Labute approximate surface area is 346 Å². The molecular formula is C40H68O18S. The zero-order valence-corrected chi connectivity index (χ0v) is 35.5. The number of hydrogen-bond acceptors (Lipinski definition) is 17. The van der Waals surface area contributed by atoms with Crippen molar-refractivity contribution in [3.8, 4) is 0 Å². The number of allylic oxidation sites excluding steroid dienone is 1. The van der Waals surface area contributed by atoms with Crippen molar-refractivity contribution in [2.45, 2.75) is 158 Å². The van der Waals surface area contributed by atoms with Crippen LogP contribution in [-0.4, -0.2) is 171 Å². The van der Waals surface area contributed by atoms with E-state index < -0.39 is 131 Å². The largest absolute Gasteiger partial charge is 0.397 e. The van der Waals surface area contributed by atoms with Crippen LogP contribution >= 0.6 is 0 Å². The summed E-state index contributed by atoms with van der Waals surface area (Å²) in [4.78, 5) is 0. The van der Waals surface area contributed by atoms with Crippen LogP contribution in [0.3, 0.4) is 0 Å². The normalized spacial score (nSPS) is 49.4. The highest BCUT2D eigenvalue weighted by atomic mass is 32.3. The van der Waals surface area contributed by atoms with Crippen LogP contribution in [0.15, 0.2) is 12.2 Å². The molecule has 2 aliphatic heterocycles. The molecule has 6 fully saturated rings. The molecule has 342 valence electrons. The van der Waals surface area contributed by atoms with E-state index in [-0.39, 0.29) is 49.7 Å². The average Bonchev–Trinajstić information content (AvgIpc) is 3.61. The van der Waals surface area contributed by atoms with E-state index in [1.807, 2.05) is 33.8 Å². The molecule has 2 unspecified atom stereocenters. The predicted octanol–water partition coefficient (Wildman–Crippen LogP) is -0.741. The van der Waals surface area contributed by atoms with Gasteiger partial charge >= 0.3 is 10.4 Å². The summed E-state index contributed by atoms with van der Waals surface area (Å²) in [6.07, 6.45) is -10.5. The summed E-state index contributed by atoms with van der Waals surface area (Å²) in [5, 5.41) is 98.2. The van der Waals surface area contributed by atoms with Crippen molar-refractivity contribution in [2.24, 2.45) is 52.3 Å². The Hall–Kier alpha value is -0.950. The number of fused-ring (bicyclic) bond motifs is 5. The van der Waals surface area contributed by atoms with E-state index in [0.29, 0.717) is 25.7 Å². The molecule has 19 heteroatoms. The molecule has 0 aromatic rings. The van der Waals surface area contributed by atoms with Crippen LogP contribution in [0.2, 0.25) is 0 Å². The van der Waals surface area contributed by atoms with Gasteiger partial charge in [0.25, 0.3) is 0 Å². The predicted molar refractivity (Wildman–Crippen MR) is 205 cm³/mol. The molecule has 59 heavy (non-hydrogen) atoms. The van der Waals surface area contributed by atoms with Crippen LogP contribution in [0.5, 0.6) is 0 Å². The highest BCUT2D eigenvalue weighted by Crippen LogP contribution is 2.70. The highest BCUT2D eigenvalue weighted by molar-refractivity contribution is 7.80. The van der Waals surface area contributed by atoms with Crippen LogP contribution in [0, 0.1) is 52.3 Å². The Kier molecular flexibility index (Phi) is 14.4. The van der Waals surface area contributed by atoms with Gasteiger partial charge in [0.2, 0.25) is 0 Å². The van der Waals surface area contributed by atoms with Gasteiger partial charge in [-0.25, -0.2) is 4.18 Å². The Morgan fingerprint density at radius 3 is 2.19 bits per heavy atom. The third-order valence-corrected chi connectivity index (χ3v) is 15.9. The lowest BCUT2D eigenvalue weighted by Crippen LogP contribution is -2.71. The molecule has 18 nitrogen and oxygen atoms in total. The number of aliphatic hydroxyl groups is 9. The van der Waals surface area contributed by atoms with E-state index in [1.165, 1.54) is 7.11 Å². The molecule has 6 aliphatic rings. The van der Waals surface area contributed by atoms with Gasteiger partial charge in [-0.05, 0) is 66.6 Å². The summed E-state index contributed by atoms with van der Waals surface area (Å²) in [6.45, 7) is 9.07. The zero-order chi connectivity index (χ0) is 43.6. The summed E-state index contributed by atoms with van der Waals surface area (Å²) in [6, 6.07) is 0. The highest BCUT2D eigenvalue weighted by Gasteiger charge is 2.72. The lowest BCUT2D eigenvalue weighted by molar-refractivity contribution is -0.308. The fraction of sp³-hybridized carbons (Fsp3) is 0.950. The minimum atomic E-state index is -5.00. The van der Waals surface area contributed by atoms with Crippen molar-refractivity contribution in [3.63, 3.8) is 0 Å². The number of aliphatic hydroxyl groups excluding tert-OH is 8. The van der Waals surface area contributed by atoms with E-state index in [0.717, 1.165) is 0 Å². The molecule has 6 rings (SSSR count). The Morgan fingerprint density at radius 1 is 0.881 bits per heavy atom. The van der Waals surface area contributed by atoms with Crippen molar-refractivity contribution in [2.75, 3.05) is 26.9 Å². The zero-order valence-electron chi connectivity index (χ0n) is 34.7. The number of ether oxygens (including phenoxy) is 5. The Balaban J connectivity index is 1.18. The van der Waals surface area contributed by atoms with Gasteiger partial charge in [0.1, 0.15) is 42.7 Å². The summed E-state index contributed by atoms with van der Waals surface area (Å²) in [5.74, 6) is -2.44. The van der Waals surface area contributed by atoms with Gasteiger partial charge in [-0.3, -0.25) is 4.55 Å². The molecule has 2 saturated heterocycles. The van der Waals surface area contributed by atoms with Crippen LogP contribution in [0.1, 0.15) is 73.1 Å². The quantitative estimate of drug-likeness (QED) is 0.0760. The molecule has 4 saturated carbocycles. The van der Waals surface area contributed by atoms with Crippen molar-refractivity contribution in [3.05, 3.63) is 12.2 Å². The van der Waals surface area contributed by atoms with Gasteiger partial charge in [0.15, 0.2) is 12.6 Å². The van der Waals surface area contributed by atoms with Crippen LogP contribution in [0.4, 0.5) is 0 Å². The fourth-order valence-electron chi connectivity index (χ4n) is 12.4. The molecule has 0 amide bonds. The van der Waals surface area contributed by atoms with Crippen molar-refractivity contribution in [1.82, 2.24) is 0 Å². The lowest BCUT2D eigenvalue weighted by Gasteiger charge is -2.66. The molecule has 10 N–H and O–H groups in total. The number of hydrogen-bond donors (Lipinski definition) is 10. The minimum Gasteiger partial charge on any atom is -0.394 e. The van der Waals surface area contributed by atoms with Gasteiger partial charge in [-0.1, -0.05) is 46.8 Å². The SMILES string of the molecule is CO[C@H]1[C@H](O[C@H]2[C@H](OC[C@@H](/C=C/[C@@H](C)[C@H]3C[C@@H](O)[C@@H]4[C@]3(C)CC[C@H]3[C@@]4(O)CC(OS(=O)(=O)O)C4[C@@H](O)[C@@H](O)CC[C@@]43C)C(C)C)O[C@@H]([C@H](O)CO)[C@@H]2O)OC[C@@H](O)[C@@H]1O. The molecule has 0 aromatic carbocycles. The molecule has 0 radical (unpaired) electrons. The summed E-state index contributed by atoms with van der Waals surface area (Å²) in [7, 11) is -3.70. The third-order valence-electron chi connectivity index (χ3n) is 15.4. The van der Waals surface area contributed by atoms with E-state index in [4.69, 9.17) is 27.9 Å². The Morgan fingerprint density at radius 2 is 1.56 bits per heavy atom. The van der Waals surface area contributed by atoms with E-state index in [9.17, 15) is 58.9 Å². The standard InChI is InChI=1S/C40H68O18S/c1-18(2)20(16-54-37-34(31(48)32(56-37)24(44)15-41)57-36-33(53-6)30(47)25(45)17-55-36)8-7-19(3)21-13-23(43)35-38(21,4)12-10-27-39(5)11-9-22(42)29(46)28(39)26(14-40(27,35)49)58-59(50,51)52/h7-8,18-37,41-49H,9-17H2,1-6H3,(H,50,51,52)/b8-7+/t19-,20-,21-,22+,23-,24-,25-,26?,27-,28?,29+,30+,31+,32+,33-,34-,35-,36+,37-,38-,39-,40+/m1/s1. The first-order chi connectivity index (χ1) is 27.5. The minimum absolute atomic E-state index is 0.0350. The van der Waals surface area contributed by atoms with Gasteiger partial charge in [-0.15, -0.1) is 0 Å². The second kappa shape index (κ2) is 17.9. The molecule has 0 aromatic heterocycles. The first-order valence-corrected chi connectivity index (χ1v) is 22.4. The average molecular weight is 869 g/mol. The van der Waals surface area contributed by atoms with E-state index >= 15 is 0 Å². The number of rotatable bonds is 14. The van der Waals surface area contributed by atoms with E-state index in [2.05, 4.69) is 13.0 Å². The maximum Gasteiger partial charge on any atom is 0.397 e. The van der Waals surface area contributed by atoms with Crippen LogP contribution in [-0.2, 0) is 38.3 Å². The van der Waals surface area contributed by atoms with E-state index in [1.54, 1.807) is 0 Å². The van der Waals surface area contributed by atoms with Gasteiger partial charge in [0, 0.05) is 31.3 Å². The topological polar surface area (TPSA) is 292 Å². The lowest BCUT2D eigenvalue weighted by atomic mass is 9.41. The molecule has 22 atom stereocenters. The summed E-state index contributed by atoms with van der Waals surface area (Å²) >= 11 is 0. The van der Waals surface area contributed by atoms with Gasteiger partial charge < -0.3 is 69.6 Å².